The number of benzene rings is 1. The molecule has 7 nitrogen and oxygen atoms in total. The van der Waals surface area contributed by atoms with Gasteiger partial charge >= 0.3 is 0 Å². The number of amides is 1. The minimum Gasteiger partial charge on any atom is -0.497 e. The summed E-state index contributed by atoms with van der Waals surface area (Å²) < 4.78 is 10.8. The van der Waals surface area contributed by atoms with Crippen LogP contribution in [0.15, 0.2) is 28.7 Å². The third-order valence-corrected chi connectivity index (χ3v) is 4.38. The molecule has 1 aliphatic heterocycles. The Kier molecular flexibility index (Phi) is 5.65. The molecule has 0 bridgehead atoms. The van der Waals surface area contributed by atoms with Crippen LogP contribution in [-0.2, 0) is 24.2 Å². The Morgan fingerprint density at radius 2 is 1.96 bits per heavy atom. The van der Waals surface area contributed by atoms with Crippen molar-refractivity contribution in [3.8, 4) is 5.75 Å². The Hall–Kier alpha value is -2.41. The third kappa shape index (κ3) is 4.57. The van der Waals surface area contributed by atoms with E-state index in [2.05, 4.69) is 15.1 Å². The maximum absolute atomic E-state index is 12.5. The van der Waals surface area contributed by atoms with E-state index in [0.29, 0.717) is 24.7 Å². The van der Waals surface area contributed by atoms with E-state index >= 15 is 0 Å². The monoisotopic (exact) mass is 344 g/mol. The van der Waals surface area contributed by atoms with Gasteiger partial charge in [0.1, 0.15) is 5.75 Å². The first-order chi connectivity index (χ1) is 12.2. The summed E-state index contributed by atoms with van der Waals surface area (Å²) in [6.07, 6.45) is 1.15. The summed E-state index contributed by atoms with van der Waals surface area (Å²) in [7, 11) is 1.63. The number of carbonyl (C=O) groups is 1. The van der Waals surface area contributed by atoms with Gasteiger partial charge in [-0.1, -0.05) is 19.1 Å². The number of rotatable bonds is 6. The van der Waals surface area contributed by atoms with Gasteiger partial charge in [0.25, 0.3) is 0 Å². The molecule has 134 valence electrons. The molecule has 0 atom stereocenters. The highest BCUT2D eigenvalue weighted by Crippen LogP contribution is 2.15. The molecule has 3 rings (SSSR count). The minimum absolute atomic E-state index is 0.152. The molecule has 1 aliphatic rings. The van der Waals surface area contributed by atoms with Crippen LogP contribution in [0.4, 0.5) is 0 Å². The van der Waals surface area contributed by atoms with E-state index in [1.807, 2.05) is 36.1 Å². The zero-order valence-corrected chi connectivity index (χ0v) is 14.8. The third-order valence-electron chi connectivity index (χ3n) is 4.38. The van der Waals surface area contributed by atoms with Gasteiger partial charge in [-0.25, -0.2) is 0 Å². The van der Waals surface area contributed by atoms with Crippen LogP contribution in [0.25, 0.3) is 0 Å². The van der Waals surface area contributed by atoms with Gasteiger partial charge in [-0.2, -0.15) is 0 Å². The molecule has 1 fully saturated rings. The molecular weight excluding hydrogens is 320 g/mol. The van der Waals surface area contributed by atoms with Crippen molar-refractivity contribution in [1.29, 1.82) is 0 Å². The van der Waals surface area contributed by atoms with E-state index in [4.69, 9.17) is 9.15 Å². The molecule has 0 unspecified atom stereocenters. The molecule has 2 heterocycles. The van der Waals surface area contributed by atoms with Crippen molar-refractivity contribution < 1.29 is 13.9 Å². The molecular formula is C18H24N4O3. The predicted molar refractivity (Wildman–Crippen MR) is 92.2 cm³/mol. The Balaban J connectivity index is 1.48. The number of methoxy groups -OCH3 is 1. The highest BCUT2D eigenvalue weighted by atomic mass is 16.5. The first kappa shape index (κ1) is 17.4. The van der Waals surface area contributed by atoms with Crippen molar-refractivity contribution in [2.45, 2.75) is 26.3 Å². The standard InChI is InChI=1S/C18H24N4O3/c1-3-16-19-20-17(25-16)13-21-7-9-22(10-8-21)18(23)12-14-5-4-6-15(11-14)24-2/h4-6,11H,3,7-10,12-13H2,1-2H3. The second kappa shape index (κ2) is 8.11. The van der Waals surface area contributed by atoms with Gasteiger partial charge in [0.2, 0.25) is 17.7 Å². The lowest BCUT2D eigenvalue weighted by molar-refractivity contribution is -0.132. The zero-order chi connectivity index (χ0) is 17.6. The number of aryl methyl sites for hydroxylation is 1. The van der Waals surface area contributed by atoms with Crippen LogP contribution < -0.4 is 4.74 Å². The van der Waals surface area contributed by atoms with Crippen molar-refractivity contribution in [3.05, 3.63) is 41.6 Å². The van der Waals surface area contributed by atoms with E-state index < -0.39 is 0 Å². The molecule has 0 aliphatic carbocycles. The fraction of sp³-hybridized carbons (Fsp3) is 0.500. The molecule has 7 heteroatoms. The van der Waals surface area contributed by atoms with Crippen molar-refractivity contribution in [3.63, 3.8) is 0 Å². The summed E-state index contributed by atoms with van der Waals surface area (Å²) in [6.45, 7) is 5.70. The van der Waals surface area contributed by atoms with Crippen LogP contribution in [0.3, 0.4) is 0 Å². The zero-order valence-electron chi connectivity index (χ0n) is 14.8. The lowest BCUT2D eigenvalue weighted by Crippen LogP contribution is -2.48. The molecule has 1 aromatic heterocycles. The Morgan fingerprint density at radius 3 is 2.64 bits per heavy atom. The SMILES string of the molecule is CCc1nnc(CN2CCN(C(=O)Cc3cccc(OC)c3)CC2)o1. The number of hydrogen-bond donors (Lipinski definition) is 0. The van der Waals surface area contributed by atoms with E-state index in [1.54, 1.807) is 7.11 Å². The predicted octanol–water partition coefficient (Wildman–Crippen LogP) is 1.53. The normalized spacial score (nSPS) is 15.4. The van der Waals surface area contributed by atoms with Crippen molar-refractivity contribution >= 4 is 5.91 Å². The van der Waals surface area contributed by atoms with E-state index in [0.717, 1.165) is 43.9 Å². The lowest BCUT2D eigenvalue weighted by atomic mass is 10.1. The molecule has 1 aromatic carbocycles. The van der Waals surface area contributed by atoms with E-state index in [1.165, 1.54) is 0 Å². The average molecular weight is 344 g/mol. The van der Waals surface area contributed by atoms with Gasteiger partial charge in [0.05, 0.1) is 20.1 Å². The fourth-order valence-corrected chi connectivity index (χ4v) is 2.91. The van der Waals surface area contributed by atoms with Crippen LogP contribution in [0, 0.1) is 0 Å². The topological polar surface area (TPSA) is 71.7 Å². The number of piperazine rings is 1. The number of aromatic nitrogens is 2. The molecule has 1 amide bonds. The first-order valence-corrected chi connectivity index (χ1v) is 8.62. The van der Waals surface area contributed by atoms with Crippen molar-refractivity contribution in [2.24, 2.45) is 0 Å². The quantitative estimate of drug-likeness (QED) is 0.791. The van der Waals surface area contributed by atoms with Crippen molar-refractivity contribution in [1.82, 2.24) is 20.0 Å². The molecule has 25 heavy (non-hydrogen) atoms. The number of hydrogen-bond acceptors (Lipinski definition) is 6. The molecule has 1 saturated heterocycles. The van der Waals surface area contributed by atoms with E-state index in [-0.39, 0.29) is 5.91 Å². The maximum atomic E-state index is 12.5. The van der Waals surface area contributed by atoms with Gasteiger partial charge in [-0.3, -0.25) is 9.69 Å². The lowest BCUT2D eigenvalue weighted by Gasteiger charge is -2.34. The van der Waals surface area contributed by atoms with Gasteiger partial charge in [-0.05, 0) is 17.7 Å². The highest BCUT2D eigenvalue weighted by molar-refractivity contribution is 5.79. The summed E-state index contributed by atoms with van der Waals surface area (Å²) in [5.74, 6) is 2.25. The Labute approximate surface area is 147 Å². The largest absolute Gasteiger partial charge is 0.497 e. The summed E-state index contributed by atoms with van der Waals surface area (Å²) in [4.78, 5) is 16.7. The van der Waals surface area contributed by atoms with Gasteiger partial charge < -0.3 is 14.1 Å². The molecule has 2 aromatic rings. The number of nitrogens with zero attached hydrogens (tertiary/aromatic N) is 4. The second-order valence-electron chi connectivity index (χ2n) is 6.13. The molecule has 0 N–H and O–H groups in total. The summed E-state index contributed by atoms with van der Waals surface area (Å²) in [6, 6.07) is 7.66. The average Bonchev–Trinajstić information content (AvgIpc) is 3.10. The van der Waals surface area contributed by atoms with Crippen LogP contribution >= 0.6 is 0 Å². The fourth-order valence-electron chi connectivity index (χ4n) is 2.91. The summed E-state index contributed by atoms with van der Waals surface area (Å²) in [5.41, 5.74) is 0.977. The van der Waals surface area contributed by atoms with Gasteiger partial charge in [-0.15, -0.1) is 10.2 Å². The molecule has 0 saturated carbocycles. The smallest absolute Gasteiger partial charge is 0.230 e. The van der Waals surface area contributed by atoms with Gasteiger partial charge in [0.15, 0.2) is 0 Å². The first-order valence-electron chi connectivity index (χ1n) is 8.62. The van der Waals surface area contributed by atoms with Gasteiger partial charge in [0, 0.05) is 32.6 Å². The Bertz CT molecular complexity index is 708. The number of carbonyl (C=O) groups excluding carboxylic acids is 1. The van der Waals surface area contributed by atoms with Crippen LogP contribution in [0.2, 0.25) is 0 Å². The number of ether oxygens (including phenoxy) is 1. The van der Waals surface area contributed by atoms with Crippen LogP contribution in [0.1, 0.15) is 24.3 Å². The molecule has 0 spiro atoms. The Morgan fingerprint density at radius 1 is 1.20 bits per heavy atom. The van der Waals surface area contributed by atoms with Crippen molar-refractivity contribution in [2.75, 3.05) is 33.3 Å². The highest BCUT2D eigenvalue weighted by Gasteiger charge is 2.22. The van der Waals surface area contributed by atoms with Crippen LogP contribution in [0.5, 0.6) is 5.75 Å². The summed E-state index contributed by atoms with van der Waals surface area (Å²) >= 11 is 0. The van der Waals surface area contributed by atoms with E-state index in [9.17, 15) is 4.79 Å². The minimum atomic E-state index is 0.152. The van der Waals surface area contributed by atoms with Crippen LogP contribution in [-0.4, -0.2) is 59.2 Å². The molecule has 0 radical (unpaired) electrons. The maximum Gasteiger partial charge on any atom is 0.230 e. The second-order valence-corrected chi connectivity index (χ2v) is 6.13. The summed E-state index contributed by atoms with van der Waals surface area (Å²) in [5, 5.41) is 8.04.